The molecule has 0 saturated heterocycles. The summed E-state index contributed by atoms with van der Waals surface area (Å²) >= 11 is 0. The Morgan fingerprint density at radius 3 is 2.58 bits per heavy atom. The van der Waals surface area contributed by atoms with Crippen molar-refractivity contribution in [2.45, 2.75) is 31.5 Å². The maximum Gasteiger partial charge on any atom is 0.421 e. The molecule has 1 saturated carbocycles. The van der Waals surface area contributed by atoms with E-state index in [9.17, 15) is 18.0 Å². The molecule has 1 fully saturated rings. The summed E-state index contributed by atoms with van der Waals surface area (Å²) in [5, 5.41) is 9.27. The first-order valence-corrected chi connectivity index (χ1v) is 7.19. The Balaban J connectivity index is 1.96. The molecule has 2 N–H and O–H groups in total. The van der Waals surface area contributed by atoms with Crippen LogP contribution in [0, 0.1) is 0 Å². The summed E-state index contributed by atoms with van der Waals surface area (Å²) in [6.07, 6.45) is -0.855. The van der Waals surface area contributed by atoms with Crippen molar-refractivity contribution in [2.24, 2.45) is 7.05 Å². The third-order valence-corrected chi connectivity index (χ3v) is 3.74. The molecule has 0 unspecified atom stereocenters. The average Bonchev–Trinajstić information content (AvgIpc) is 3.19. The van der Waals surface area contributed by atoms with Crippen LogP contribution in [0.2, 0.25) is 0 Å². The normalized spacial score (nSPS) is 15.9. The van der Waals surface area contributed by atoms with Crippen molar-refractivity contribution >= 4 is 17.5 Å². The Kier molecular flexibility index (Phi) is 3.69. The van der Waals surface area contributed by atoms with Crippen LogP contribution in [-0.2, 0) is 13.2 Å². The van der Waals surface area contributed by atoms with E-state index in [1.165, 1.54) is 13.2 Å². The lowest BCUT2D eigenvalue weighted by Gasteiger charge is -2.16. The molecule has 128 valence electrons. The van der Waals surface area contributed by atoms with Crippen LogP contribution in [0.15, 0.2) is 23.3 Å². The zero-order valence-corrected chi connectivity index (χ0v) is 13.0. The minimum atomic E-state index is -4.63. The maximum atomic E-state index is 13.2. The van der Waals surface area contributed by atoms with E-state index in [-0.39, 0.29) is 17.2 Å². The molecular formula is C14H15F3N6O. The number of nitrogens with zero attached hydrogens (tertiary/aromatic N) is 4. The van der Waals surface area contributed by atoms with Gasteiger partial charge in [0, 0.05) is 24.8 Å². The van der Waals surface area contributed by atoms with E-state index in [1.54, 1.807) is 0 Å². The standard InChI is InChI=1S/C14H15F3N6O/c1-13(3-4-13)22-12-18-7-9(14(15,16)17)11(21-12)20-8-5-10(24)23(2)19-6-8/h5-7H,3-4H2,1-2H3,(H2,18,20,21,22). The number of rotatable bonds is 4. The van der Waals surface area contributed by atoms with Gasteiger partial charge in [-0.1, -0.05) is 0 Å². The molecule has 2 heterocycles. The van der Waals surface area contributed by atoms with E-state index >= 15 is 0 Å². The third kappa shape index (κ3) is 3.47. The molecule has 10 heteroatoms. The van der Waals surface area contributed by atoms with Crippen LogP contribution in [0.4, 0.5) is 30.6 Å². The second-order valence-corrected chi connectivity index (χ2v) is 5.97. The number of aryl methyl sites for hydroxylation is 1. The molecule has 0 amide bonds. The first kappa shape index (κ1) is 16.2. The minimum absolute atomic E-state index is 0.0993. The quantitative estimate of drug-likeness (QED) is 0.888. The van der Waals surface area contributed by atoms with Crippen LogP contribution in [0.1, 0.15) is 25.3 Å². The summed E-state index contributed by atoms with van der Waals surface area (Å²) in [5.41, 5.74) is -1.53. The molecule has 2 aromatic heterocycles. The molecular weight excluding hydrogens is 325 g/mol. The van der Waals surface area contributed by atoms with Crippen molar-refractivity contribution in [3.63, 3.8) is 0 Å². The Labute approximate surface area is 134 Å². The summed E-state index contributed by atoms with van der Waals surface area (Å²) in [7, 11) is 1.44. The Bertz CT molecular complexity index is 828. The van der Waals surface area contributed by atoms with E-state index in [2.05, 4.69) is 25.7 Å². The lowest BCUT2D eigenvalue weighted by atomic mass is 10.3. The second-order valence-electron chi connectivity index (χ2n) is 5.97. The monoisotopic (exact) mass is 340 g/mol. The Morgan fingerprint density at radius 1 is 1.29 bits per heavy atom. The number of hydrogen-bond acceptors (Lipinski definition) is 6. The van der Waals surface area contributed by atoms with Crippen molar-refractivity contribution in [3.8, 4) is 0 Å². The van der Waals surface area contributed by atoms with Gasteiger partial charge in [0.1, 0.15) is 11.4 Å². The lowest BCUT2D eigenvalue weighted by Crippen LogP contribution is -2.21. The van der Waals surface area contributed by atoms with Crippen LogP contribution < -0.4 is 16.2 Å². The fourth-order valence-electron chi connectivity index (χ4n) is 2.00. The predicted molar refractivity (Wildman–Crippen MR) is 81.1 cm³/mol. The van der Waals surface area contributed by atoms with Gasteiger partial charge >= 0.3 is 6.18 Å². The molecule has 2 aromatic rings. The maximum absolute atomic E-state index is 13.2. The van der Waals surface area contributed by atoms with Crippen molar-refractivity contribution in [2.75, 3.05) is 10.6 Å². The van der Waals surface area contributed by atoms with Gasteiger partial charge in [0.15, 0.2) is 0 Å². The number of alkyl halides is 3. The average molecular weight is 340 g/mol. The van der Waals surface area contributed by atoms with E-state index in [0.29, 0.717) is 0 Å². The molecule has 1 aliphatic carbocycles. The third-order valence-electron chi connectivity index (χ3n) is 3.74. The molecule has 24 heavy (non-hydrogen) atoms. The highest BCUT2D eigenvalue weighted by Crippen LogP contribution is 2.39. The van der Waals surface area contributed by atoms with Crippen LogP contribution in [0.3, 0.4) is 0 Å². The smallest absolute Gasteiger partial charge is 0.349 e. The zero-order chi connectivity index (χ0) is 17.5. The fraction of sp³-hybridized carbons (Fsp3) is 0.429. The SMILES string of the molecule is Cn1ncc(Nc2nc(NC3(C)CC3)ncc2C(F)(F)F)cc1=O. The van der Waals surface area contributed by atoms with Crippen molar-refractivity contribution in [1.29, 1.82) is 0 Å². The predicted octanol–water partition coefficient (Wildman–Crippen LogP) is 2.30. The molecule has 0 bridgehead atoms. The van der Waals surface area contributed by atoms with Crippen LogP contribution in [-0.4, -0.2) is 25.3 Å². The van der Waals surface area contributed by atoms with Crippen molar-refractivity contribution < 1.29 is 13.2 Å². The van der Waals surface area contributed by atoms with Gasteiger partial charge < -0.3 is 10.6 Å². The molecule has 7 nitrogen and oxygen atoms in total. The molecule has 0 radical (unpaired) electrons. The zero-order valence-electron chi connectivity index (χ0n) is 13.0. The molecule has 0 aliphatic heterocycles. The Hall–Kier alpha value is -2.65. The van der Waals surface area contributed by atoms with Gasteiger partial charge in [-0.05, 0) is 19.8 Å². The van der Waals surface area contributed by atoms with Gasteiger partial charge in [-0.2, -0.15) is 23.3 Å². The van der Waals surface area contributed by atoms with Gasteiger partial charge in [-0.25, -0.2) is 9.67 Å². The van der Waals surface area contributed by atoms with Gasteiger partial charge in [0.2, 0.25) is 5.95 Å². The second kappa shape index (κ2) is 5.46. The van der Waals surface area contributed by atoms with Crippen LogP contribution in [0.25, 0.3) is 0 Å². The van der Waals surface area contributed by atoms with E-state index < -0.39 is 23.1 Å². The molecule has 3 rings (SSSR count). The minimum Gasteiger partial charge on any atom is -0.349 e. The molecule has 0 atom stereocenters. The lowest BCUT2D eigenvalue weighted by molar-refractivity contribution is -0.137. The highest BCUT2D eigenvalue weighted by Gasteiger charge is 2.39. The molecule has 1 aliphatic rings. The summed E-state index contributed by atoms with van der Waals surface area (Å²) < 4.78 is 40.5. The van der Waals surface area contributed by atoms with Gasteiger partial charge in [-0.15, -0.1) is 0 Å². The summed E-state index contributed by atoms with van der Waals surface area (Å²) in [6.45, 7) is 1.94. The molecule has 0 aromatic carbocycles. The number of halogens is 3. The summed E-state index contributed by atoms with van der Waals surface area (Å²) in [4.78, 5) is 19.2. The summed E-state index contributed by atoms with van der Waals surface area (Å²) in [6, 6.07) is 1.14. The number of nitrogens with one attached hydrogen (secondary N) is 2. The largest absolute Gasteiger partial charge is 0.421 e. The first-order valence-electron chi connectivity index (χ1n) is 7.19. The van der Waals surface area contributed by atoms with Gasteiger partial charge in [-0.3, -0.25) is 4.79 Å². The van der Waals surface area contributed by atoms with Crippen molar-refractivity contribution in [1.82, 2.24) is 19.7 Å². The number of aromatic nitrogens is 4. The van der Waals surface area contributed by atoms with E-state index in [1.807, 2.05) is 6.92 Å². The first-order chi connectivity index (χ1) is 11.2. The van der Waals surface area contributed by atoms with E-state index in [0.717, 1.165) is 29.8 Å². The van der Waals surface area contributed by atoms with Crippen molar-refractivity contribution in [3.05, 3.63) is 34.4 Å². The number of anilines is 3. The topological polar surface area (TPSA) is 84.7 Å². The van der Waals surface area contributed by atoms with Crippen LogP contribution in [0.5, 0.6) is 0 Å². The molecule has 0 spiro atoms. The Morgan fingerprint density at radius 2 is 2.00 bits per heavy atom. The summed E-state index contributed by atoms with van der Waals surface area (Å²) in [5.74, 6) is -0.332. The highest BCUT2D eigenvalue weighted by atomic mass is 19.4. The van der Waals surface area contributed by atoms with Crippen LogP contribution >= 0.6 is 0 Å². The van der Waals surface area contributed by atoms with E-state index in [4.69, 9.17) is 0 Å². The highest BCUT2D eigenvalue weighted by molar-refractivity contribution is 5.60. The fourth-order valence-corrected chi connectivity index (χ4v) is 2.00. The van der Waals surface area contributed by atoms with Gasteiger partial charge in [0.25, 0.3) is 5.56 Å². The number of hydrogen-bond donors (Lipinski definition) is 2. The van der Waals surface area contributed by atoms with Gasteiger partial charge in [0.05, 0.1) is 11.9 Å².